The van der Waals surface area contributed by atoms with Crippen LogP contribution in [0.3, 0.4) is 0 Å². The Morgan fingerprint density at radius 2 is 2.24 bits per heavy atom. The highest BCUT2D eigenvalue weighted by Crippen LogP contribution is 2.47. The van der Waals surface area contributed by atoms with Gasteiger partial charge in [-0.25, -0.2) is 0 Å². The first-order chi connectivity index (χ1) is 8.18. The summed E-state index contributed by atoms with van der Waals surface area (Å²) in [4.78, 5) is 0. The molecule has 0 aliphatic carbocycles. The number of hydrogen-bond acceptors (Lipinski definition) is 3. The zero-order chi connectivity index (χ0) is 12.3. The second-order valence-electron chi connectivity index (χ2n) is 4.77. The Kier molecular flexibility index (Phi) is 4.16. The van der Waals surface area contributed by atoms with Gasteiger partial charge in [0.15, 0.2) is 0 Å². The molecule has 1 aliphatic heterocycles. The van der Waals surface area contributed by atoms with Gasteiger partial charge in [0.1, 0.15) is 0 Å². The third-order valence-electron chi connectivity index (χ3n) is 3.64. The van der Waals surface area contributed by atoms with Crippen molar-refractivity contribution in [3.63, 3.8) is 0 Å². The Labute approximate surface area is 104 Å². The largest absolute Gasteiger partial charge is 0.390 e. The van der Waals surface area contributed by atoms with E-state index in [1.54, 1.807) is 0 Å². The first-order valence-electron chi connectivity index (χ1n) is 5.85. The molecule has 1 heterocycles. The lowest BCUT2D eigenvalue weighted by Gasteiger charge is -2.34. The highest BCUT2D eigenvalue weighted by atomic mass is 31.0. The van der Waals surface area contributed by atoms with Crippen LogP contribution < -0.4 is 0 Å². The lowest BCUT2D eigenvalue weighted by molar-refractivity contribution is -0.0446. The molecule has 94 valence electrons. The molecular formula is C13H19O3P. The number of ether oxygens (including phenoxy) is 1. The van der Waals surface area contributed by atoms with E-state index in [9.17, 15) is 5.11 Å². The van der Waals surface area contributed by atoms with Crippen molar-refractivity contribution >= 4 is 9.47 Å². The molecule has 1 aliphatic rings. The predicted molar refractivity (Wildman–Crippen MR) is 69.5 cm³/mol. The summed E-state index contributed by atoms with van der Waals surface area (Å²) in [6, 6.07) is 10.1. The Hall–Kier alpha value is -0.470. The molecule has 0 spiro atoms. The topological polar surface area (TPSA) is 38.7 Å². The number of hydrogen-bond donors (Lipinski definition) is 1. The molecule has 2 unspecified atom stereocenters. The molecule has 0 amide bonds. The fraction of sp³-hybridized carbons (Fsp3) is 0.538. The van der Waals surface area contributed by atoms with Crippen molar-refractivity contribution in [2.24, 2.45) is 5.41 Å². The maximum Gasteiger partial charge on any atom is 0.0904 e. The van der Waals surface area contributed by atoms with Crippen molar-refractivity contribution < 1.29 is 14.4 Å². The molecular weight excluding hydrogens is 235 g/mol. The van der Waals surface area contributed by atoms with E-state index in [0.29, 0.717) is 13.2 Å². The van der Waals surface area contributed by atoms with Crippen LogP contribution in [-0.4, -0.2) is 24.4 Å². The Bertz CT molecular complexity index is 357. The Morgan fingerprint density at radius 3 is 2.88 bits per heavy atom. The van der Waals surface area contributed by atoms with E-state index in [0.717, 1.165) is 12.0 Å². The van der Waals surface area contributed by atoms with Crippen LogP contribution in [0, 0.1) is 5.41 Å². The van der Waals surface area contributed by atoms with Crippen molar-refractivity contribution in [1.29, 1.82) is 0 Å². The smallest absolute Gasteiger partial charge is 0.0904 e. The molecule has 0 bridgehead atoms. The maximum atomic E-state index is 10.2. The van der Waals surface area contributed by atoms with Crippen molar-refractivity contribution in [3.8, 4) is 0 Å². The molecule has 1 N–H and O–H groups in total. The van der Waals surface area contributed by atoms with Gasteiger partial charge in [-0.2, -0.15) is 0 Å². The minimum atomic E-state index is -0.521. The Morgan fingerprint density at radius 1 is 1.53 bits per heavy atom. The molecule has 4 atom stereocenters. The van der Waals surface area contributed by atoms with Crippen LogP contribution >= 0.6 is 9.47 Å². The molecule has 1 saturated heterocycles. The maximum absolute atomic E-state index is 10.2. The van der Waals surface area contributed by atoms with Crippen LogP contribution in [0.1, 0.15) is 25.0 Å². The normalized spacial score (nSPS) is 30.4. The van der Waals surface area contributed by atoms with Gasteiger partial charge in [0.05, 0.1) is 18.8 Å². The monoisotopic (exact) mass is 254 g/mol. The van der Waals surface area contributed by atoms with E-state index in [-0.39, 0.29) is 11.5 Å². The van der Waals surface area contributed by atoms with Crippen LogP contribution in [0.25, 0.3) is 0 Å². The fourth-order valence-corrected chi connectivity index (χ4v) is 2.63. The third-order valence-corrected chi connectivity index (χ3v) is 3.83. The van der Waals surface area contributed by atoms with E-state index in [1.807, 2.05) is 30.3 Å². The quantitative estimate of drug-likeness (QED) is 0.838. The molecule has 17 heavy (non-hydrogen) atoms. The lowest BCUT2D eigenvalue weighted by atomic mass is 9.75. The standard InChI is InChI=1S/C13H19O3P/c1-13(11(14)9-16-17)7-8-15-12(13)10-5-3-2-4-6-10/h2-6,11-12,14H,7-9,17H2,1H3/t11-,12-,13?/m0/s1. The van der Waals surface area contributed by atoms with E-state index in [2.05, 4.69) is 16.4 Å². The molecule has 3 nitrogen and oxygen atoms in total. The number of benzene rings is 1. The van der Waals surface area contributed by atoms with Crippen LogP contribution in [0.5, 0.6) is 0 Å². The molecule has 1 fully saturated rings. The fourth-order valence-electron chi connectivity index (χ4n) is 2.45. The highest BCUT2D eigenvalue weighted by molar-refractivity contribution is 7.09. The summed E-state index contributed by atoms with van der Waals surface area (Å²) < 4.78 is 10.8. The summed E-state index contributed by atoms with van der Waals surface area (Å²) in [6.45, 7) is 3.06. The van der Waals surface area contributed by atoms with Crippen LogP contribution in [-0.2, 0) is 9.26 Å². The van der Waals surface area contributed by atoms with Crippen LogP contribution in [0.4, 0.5) is 0 Å². The molecule has 4 heteroatoms. The van der Waals surface area contributed by atoms with Gasteiger partial charge in [0.2, 0.25) is 0 Å². The van der Waals surface area contributed by atoms with E-state index < -0.39 is 6.10 Å². The summed E-state index contributed by atoms with van der Waals surface area (Å²) in [5.74, 6) is 0. The Balaban J connectivity index is 2.22. The number of rotatable bonds is 4. The van der Waals surface area contributed by atoms with E-state index in [4.69, 9.17) is 9.26 Å². The van der Waals surface area contributed by atoms with Crippen molar-refractivity contribution in [1.82, 2.24) is 0 Å². The summed E-state index contributed by atoms with van der Waals surface area (Å²) in [7, 11) is 2.18. The van der Waals surface area contributed by atoms with Crippen molar-refractivity contribution in [2.45, 2.75) is 25.6 Å². The predicted octanol–water partition coefficient (Wildman–Crippen LogP) is 2.32. The number of aliphatic hydroxyl groups is 1. The molecule has 1 aromatic rings. The third kappa shape index (κ3) is 2.53. The summed E-state index contributed by atoms with van der Waals surface area (Å²) >= 11 is 0. The van der Waals surface area contributed by atoms with Crippen molar-refractivity contribution in [3.05, 3.63) is 35.9 Å². The molecule has 0 saturated carbocycles. The van der Waals surface area contributed by atoms with Crippen LogP contribution in [0.15, 0.2) is 30.3 Å². The van der Waals surface area contributed by atoms with Gasteiger partial charge in [0.25, 0.3) is 0 Å². The average Bonchev–Trinajstić information content (AvgIpc) is 2.74. The molecule has 1 aromatic carbocycles. The second kappa shape index (κ2) is 5.45. The SMILES string of the molecule is CC1([C@@H](O)COP)CCO[C@H]1c1ccccc1. The average molecular weight is 254 g/mol. The minimum Gasteiger partial charge on any atom is -0.390 e. The highest BCUT2D eigenvalue weighted by Gasteiger charge is 2.46. The van der Waals surface area contributed by atoms with Gasteiger partial charge in [-0.1, -0.05) is 37.3 Å². The molecule has 0 aromatic heterocycles. The first-order valence-corrected chi connectivity index (χ1v) is 6.32. The van der Waals surface area contributed by atoms with Crippen molar-refractivity contribution in [2.75, 3.05) is 13.2 Å². The van der Waals surface area contributed by atoms with E-state index >= 15 is 0 Å². The van der Waals surface area contributed by atoms with Gasteiger partial charge in [0, 0.05) is 21.5 Å². The van der Waals surface area contributed by atoms with Gasteiger partial charge in [-0.05, 0) is 12.0 Å². The molecule has 2 rings (SSSR count). The zero-order valence-corrected chi connectivity index (χ0v) is 11.2. The van der Waals surface area contributed by atoms with Gasteiger partial charge < -0.3 is 14.4 Å². The molecule has 0 radical (unpaired) electrons. The van der Waals surface area contributed by atoms with Gasteiger partial charge in [-0.15, -0.1) is 0 Å². The summed E-state index contributed by atoms with van der Waals surface area (Å²) in [5.41, 5.74) is 0.841. The first kappa shape index (κ1) is 13.0. The number of aliphatic hydroxyl groups excluding tert-OH is 1. The van der Waals surface area contributed by atoms with E-state index in [1.165, 1.54) is 0 Å². The minimum absolute atomic E-state index is 0.0566. The second-order valence-corrected chi connectivity index (χ2v) is 5.10. The van der Waals surface area contributed by atoms with Gasteiger partial charge >= 0.3 is 0 Å². The van der Waals surface area contributed by atoms with Crippen LogP contribution in [0.2, 0.25) is 0 Å². The van der Waals surface area contributed by atoms with Gasteiger partial charge in [-0.3, -0.25) is 0 Å². The zero-order valence-electron chi connectivity index (χ0n) is 10.0. The summed E-state index contributed by atoms with van der Waals surface area (Å²) in [5, 5.41) is 10.2. The lowest BCUT2D eigenvalue weighted by Crippen LogP contribution is -2.37. The summed E-state index contributed by atoms with van der Waals surface area (Å²) in [6.07, 6.45) is 0.272.